The van der Waals surface area contributed by atoms with Crippen LogP contribution in [0.15, 0.2) is 14.7 Å². The van der Waals surface area contributed by atoms with E-state index in [0.717, 1.165) is 24.3 Å². The lowest BCUT2D eigenvalue weighted by molar-refractivity contribution is 0.341. The third kappa shape index (κ3) is 4.28. The maximum Gasteiger partial charge on any atom is 0.245 e. The quantitative estimate of drug-likeness (QED) is 0.734. The van der Waals surface area contributed by atoms with Gasteiger partial charge in [-0.15, -0.1) is 11.3 Å². The summed E-state index contributed by atoms with van der Waals surface area (Å²) >= 11 is 4.92. The summed E-state index contributed by atoms with van der Waals surface area (Å²) in [5.41, 5.74) is 0. The van der Waals surface area contributed by atoms with Gasteiger partial charge in [-0.05, 0) is 61.1 Å². The minimum absolute atomic E-state index is 0.0142. The number of thiophene rings is 1. The minimum atomic E-state index is -3.42. The first-order chi connectivity index (χ1) is 9.86. The molecule has 0 spiro atoms. The summed E-state index contributed by atoms with van der Waals surface area (Å²) in [5, 5.41) is 3.23. The Morgan fingerprint density at radius 1 is 1.48 bits per heavy atom. The molecule has 7 heteroatoms. The fraction of sp³-hybridized carbons (Fsp3) is 0.714. The van der Waals surface area contributed by atoms with Gasteiger partial charge in [-0.2, -0.15) is 4.31 Å². The zero-order chi connectivity index (χ0) is 15.6. The second-order valence-electron chi connectivity index (χ2n) is 5.74. The third-order valence-electron chi connectivity index (χ3n) is 3.55. The molecule has 0 atom stereocenters. The zero-order valence-corrected chi connectivity index (χ0v) is 15.9. The van der Waals surface area contributed by atoms with E-state index in [1.54, 1.807) is 10.4 Å². The van der Waals surface area contributed by atoms with Crippen LogP contribution in [0, 0.1) is 5.92 Å². The van der Waals surface area contributed by atoms with E-state index in [2.05, 4.69) is 21.2 Å². The maximum absolute atomic E-state index is 12.9. The van der Waals surface area contributed by atoms with Gasteiger partial charge in [0.15, 0.2) is 0 Å². The van der Waals surface area contributed by atoms with Crippen LogP contribution in [0.3, 0.4) is 0 Å². The van der Waals surface area contributed by atoms with Gasteiger partial charge in [-0.1, -0.05) is 6.92 Å². The second kappa shape index (κ2) is 7.08. The first-order valence-corrected chi connectivity index (χ1v) is 10.4. The molecular weight excluding hydrogens is 372 g/mol. The fourth-order valence-corrected chi connectivity index (χ4v) is 6.49. The zero-order valence-electron chi connectivity index (χ0n) is 12.7. The normalized spacial score (nSPS) is 16.1. The Morgan fingerprint density at radius 2 is 2.14 bits per heavy atom. The lowest BCUT2D eigenvalue weighted by Crippen LogP contribution is -2.38. The first-order valence-electron chi connectivity index (χ1n) is 7.37. The van der Waals surface area contributed by atoms with Crippen molar-refractivity contribution in [2.45, 2.75) is 51.1 Å². The van der Waals surface area contributed by atoms with Crippen molar-refractivity contribution in [1.29, 1.82) is 0 Å². The Balaban J connectivity index is 2.25. The number of hydrogen-bond donors (Lipinski definition) is 1. The van der Waals surface area contributed by atoms with Crippen molar-refractivity contribution in [3.8, 4) is 0 Å². The van der Waals surface area contributed by atoms with E-state index in [1.807, 2.05) is 20.8 Å². The summed E-state index contributed by atoms with van der Waals surface area (Å²) in [7, 11) is -3.42. The summed E-state index contributed by atoms with van der Waals surface area (Å²) in [5.74, 6) is 0.542. The molecule has 1 fully saturated rings. The lowest BCUT2D eigenvalue weighted by atomic mass is 10.3. The highest BCUT2D eigenvalue weighted by atomic mass is 79.9. The van der Waals surface area contributed by atoms with E-state index in [1.165, 1.54) is 11.3 Å². The molecule has 120 valence electrons. The maximum atomic E-state index is 12.9. The predicted octanol–water partition coefficient (Wildman–Crippen LogP) is 3.43. The van der Waals surface area contributed by atoms with E-state index in [0.29, 0.717) is 27.7 Å². The lowest BCUT2D eigenvalue weighted by Gasteiger charge is -2.25. The van der Waals surface area contributed by atoms with Gasteiger partial charge in [0.25, 0.3) is 0 Å². The van der Waals surface area contributed by atoms with Crippen LogP contribution in [0.2, 0.25) is 0 Å². The second-order valence-corrected chi connectivity index (χ2v) is 10.1. The standard InChI is InChI=1S/C14H23BrN2O2S2/c1-4-16-8-12-7-13(14(15)20-12)21(18,19)17(10(2)3)9-11-5-6-11/h7,10-11,16H,4-6,8-9H2,1-3H3. The number of nitrogens with one attached hydrogen (secondary N) is 1. The predicted molar refractivity (Wildman–Crippen MR) is 91.2 cm³/mol. The summed E-state index contributed by atoms with van der Waals surface area (Å²) in [6.45, 7) is 8.15. The molecule has 1 N–H and O–H groups in total. The van der Waals surface area contributed by atoms with Crippen LogP contribution < -0.4 is 5.32 Å². The average molecular weight is 395 g/mol. The number of sulfonamides is 1. The molecule has 0 aliphatic heterocycles. The molecule has 21 heavy (non-hydrogen) atoms. The Bertz CT molecular complexity index is 580. The Morgan fingerprint density at radius 3 is 2.67 bits per heavy atom. The van der Waals surface area contributed by atoms with E-state index in [9.17, 15) is 8.42 Å². The molecule has 1 aromatic heterocycles. The smallest absolute Gasteiger partial charge is 0.245 e. The molecule has 1 aromatic rings. The molecule has 2 rings (SSSR count). The molecule has 4 nitrogen and oxygen atoms in total. The van der Waals surface area contributed by atoms with Crippen molar-refractivity contribution in [3.05, 3.63) is 14.7 Å². The third-order valence-corrected chi connectivity index (χ3v) is 7.85. The summed E-state index contributed by atoms with van der Waals surface area (Å²) in [6, 6.07) is 1.79. The molecule has 1 heterocycles. The SMILES string of the molecule is CCNCc1cc(S(=O)(=O)N(CC2CC2)C(C)C)c(Br)s1. The van der Waals surface area contributed by atoms with E-state index < -0.39 is 10.0 Å². The van der Waals surface area contributed by atoms with Gasteiger partial charge in [0.1, 0.15) is 4.90 Å². The minimum Gasteiger partial charge on any atom is -0.312 e. The molecule has 0 unspecified atom stereocenters. The molecule has 0 bridgehead atoms. The molecule has 1 aliphatic rings. The number of rotatable bonds is 8. The van der Waals surface area contributed by atoms with Crippen LogP contribution in [-0.4, -0.2) is 31.9 Å². The number of hydrogen-bond acceptors (Lipinski definition) is 4. The van der Waals surface area contributed by atoms with Gasteiger partial charge < -0.3 is 5.32 Å². The van der Waals surface area contributed by atoms with Crippen LogP contribution in [0.5, 0.6) is 0 Å². The van der Waals surface area contributed by atoms with Crippen molar-refractivity contribution in [2.75, 3.05) is 13.1 Å². The highest BCUT2D eigenvalue weighted by Crippen LogP contribution is 2.37. The largest absolute Gasteiger partial charge is 0.312 e. The van der Waals surface area contributed by atoms with Gasteiger partial charge in [0.05, 0.1) is 3.79 Å². The average Bonchev–Trinajstić information content (AvgIpc) is 3.15. The number of nitrogens with zero attached hydrogens (tertiary/aromatic N) is 1. The van der Waals surface area contributed by atoms with E-state index in [-0.39, 0.29) is 6.04 Å². The molecule has 0 radical (unpaired) electrons. The van der Waals surface area contributed by atoms with Gasteiger partial charge >= 0.3 is 0 Å². The van der Waals surface area contributed by atoms with E-state index >= 15 is 0 Å². The molecule has 1 saturated carbocycles. The van der Waals surface area contributed by atoms with Crippen LogP contribution >= 0.6 is 27.3 Å². The van der Waals surface area contributed by atoms with Crippen molar-refractivity contribution < 1.29 is 8.42 Å². The van der Waals surface area contributed by atoms with Crippen molar-refractivity contribution >= 4 is 37.3 Å². The van der Waals surface area contributed by atoms with Crippen LogP contribution in [-0.2, 0) is 16.6 Å². The summed E-state index contributed by atoms with van der Waals surface area (Å²) in [6.07, 6.45) is 2.30. The molecule has 0 saturated heterocycles. The van der Waals surface area contributed by atoms with E-state index in [4.69, 9.17) is 0 Å². The van der Waals surface area contributed by atoms with Gasteiger partial charge in [0.2, 0.25) is 10.0 Å². The van der Waals surface area contributed by atoms with Crippen LogP contribution in [0.4, 0.5) is 0 Å². The van der Waals surface area contributed by atoms with Gasteiger partial charge in [0, 0.05) is 24.0 Å². The topological polar surface area (TPSA) is 49.4 Å². The Labute approximate surface area is 140 Å². The molecule has 0 aromatic carbocycles. The Kier molecular flexibility index (Phi) is 5.87. The Hall–Kier alpha value is 0.0500. The number of halogens is 1. The fourth-order valence-electron chi connectivity index (χ4n) is 2.18. The molecule has 1 aliphatic carbocycles. The van der Waals surface area contributed by atoms with Crippen molar-refractivity contribution in [1.82, 2.24) is 9.62 Å². The van der Waals surface area contributed by atoms with Gasteiger partial charge in [-0.25, -0.2) is 8.42 Å². The first kappa shape index (κ1) is 17.4. The highest BCUT2D eigenvalue weighted by molar-refractivity contribution is 9.11. The van der Waals surface area contributed by atoms with Crippen molar-refractivity contribution in [2.24, 2.45) is 5.92 Å². The van der Waals surface area contributed by atoms with Crippen LogP contribution in [0.25, 0.3) is 0 Å². The van der Waals surface area contributed by atoms with Gasteiger partial charge in [-0.3, -0.25) is 0 Å². The molecular formula is C14H23BrN2O2S2. The molecule has 0 amide bonds. The van der Waals surface area contributed by atoms with Crippen molar-refractivity contribution in [3.63, 3.8) is 0 Å². The summed E-state index contributed by atoms with van der Waals surface area (Å²) in [4.78, 5) is 1.45. The van der Waals surface area contributed by atoms with Crippen LogP contribution in [0.1, 0.15) is 38.5 Å². The highest BCUT2D eigenvalue weighted by Gasteiger charge is 2.35. The summed E-state index contributed by atoms with van der Waals surface area (Å²) < 4.78 is 28.2. The monoisotopic (exact) mass is 394 g/mol.